The molecule has 122 valence electrons. The first-order valence-electron chi connectivity index (χ1n) is 7.26. The Hall–Kier alpha value is -1.77. The molecular formula is C15H16N2O4S2. The number of thiophene rings is 1. The highest BCUT2D eigenvalue weighted by Crippen LogP contribution is 2.33. The number of hydrogen-bond donors (Lipinski definition) is 0. The number of sulfonamides is 1. The lowest BCUT2D eigenvalue weighted by molar-refractivity contribution is -0.385. The van der Waals surface area contributed by atoms with Crippen LogP contribution in [0.3, 0.4) is 0 Å². The molecule has 2 heterocycles. The predicted molar refractivity (Wildman–Crippen MR) is 88.1 cm³/mol. The molecule has 3 rings (SSSR count). The van der Waals surface area contributed by atoms with Gasteiger partial charge in [0.25, 0.3) is 5.69 Å². The van der Waals surface area contributed by atoms with Gasteiger partial charge in [0.1, 0.15) is 0 Å². The standard InChI is InChI=1S/C15H16N2O4S2/c18-17(19)13-3-1-4-14(11-13)23(20,21)16-8-6-12(7-9-16)15-5-2-10-22-15/h1-5,10-12H,6-9H2. The van der Waals surface area contributed by atoms with Crippen LogP contribution in [0.2, 0.25) is 0 Å². The minimum atomic E-state index is -3.68. The summed E-state index contributed by atoms with van der Waals surface area (Å²) in [6, 6.07) is 9.33. The van der Waals surface area contributed by atoms with E-state index in [0.717, 1.165) is 18.9 Å². The fraction of sp³-hybridized carbons (Fsp3) is 0.333. The summed E-state index contributed by atoms with van der Waals surface area (Å²) in [7, 11) is -3.68. The zero-order valence-corrected chi connectivity index (χ0v) is 13.9. The maximum atomic E-state index is 12.7. The molecule has 2 aromatic rings. The fourth-order valence-corrected chi connectivity index (χ4v) is 5.22. The van der Waals surface area contributed by atoms with E-state index in [1.165, 1.54) is 27.4 Å². The summed E-state index contributed by atoms with van der Waals surface area (Å²) in [5.74, 6) is 0.395. The molecule has 0 aliphatic carbocycles. The topological polar surface area (TPSA) is 80.5 Å². The molecule has 1 aliphatic rings. The molecule has 1 aromatic heterocycles. The zero-order chi connectivity index (χ0) is 16.4. The van der Waals surface area contributed by atoms with Crippen LogP contribution < -0.4 is 0 Å². The van der Waals surface area contributed by atoms with Crippen LogP contribution in [-0.4, -0.2) is 30.7 Å². The summed E-state index contributed by atoms with van der Waals surface area (Å²) in [5, 5.41) is 12.9. The van der Waals surface area contributed by atoms with Crippen LogP contribution in [0.25, 0.3) is 0 Å². The lowest BCUT2D eigenvalue weighted by Crippen LogP contribution is -2.37. The van der Waals surface area contributed by atoms with Gasteiger partial charge < -0.3 is 0 Å². The Labute approximate surface area is 138 Å². The second-order valence-corrected chi connectivity index (χ2v) is 8.37. The normalized spacial score (nSPS) is 17.2. The Morgan fingerprint density at radius 3 is 2.52 bits per heavy atom. The van der Waals surface area contributed by atoms with Crippen molar-refractivity contribution >= 4 is 27.0 Å². The van der Waals surface area contributed by atoms with E-state index in [0.29, 0.717) is 19.0 Å². The molecule has 0 atom stereocenters. The number of benzene rings is 1. The van der Waals surface area contributed by atoms with Gasteiger partial charge in [-0.2, -0.15) is 4.31 Å². The van der Waals surface area contributed by atoms with Crippen LogP contribution in [-0.2, 0) is 10.0 Å². The van der Waals surface area contributed by atoms with Crippen molar-refractivity contribution in [3.63, 3.8) is 0 Å². The van der Waals surface area contributed by atoms with Crippen molar-refractivity contribution in [2.24, 2.45) is 0 Å². The maximum absolute atomic E-state index is 12.7. The third-order valence-electron chi connectivity index (χ3n) is 4.07. The van der Waals surface area contributed by atoms with Crippen molar-refractivity contribution in [1.29, 1.82) is 0 Å². The van der Waals surface area contributed by atoms with Crippen molar-refractivity contribution in [3.8, 4) is 0 Å². The molecule has 0 bridgehead atoms. The number of hydrogen-bond acceptors (Lipinski definition) is 5. The van der Waals surface area contributed by atoms with Crippen molar-refractivity contribution < 1.29 is 13.3 Å². The van der Waals surface area contributed by atoms with Crippen LogP contribution in [0.4, 0.5) is 5.69 Å². The Kier molecular flexibility index (Phi) is 4.47. The third kappa shape index (κ3) is 3.29. The van der Waals surface area contributed by atoms with Gasteiger partial charge in [0.15, 0.2) is 0 Å². The molecule has 1 aliphatic heterocycles. The number of nitro benzene ring substituents is 1. The summed E-state index contributed by atoms with van der Waals surface area (Å²) in [6.45, 7) is 0.876. The van der Waals surface area contributed by atoms with Gasteiger partial charge in [-0.15, -0.1) is 11.3 Å². The van der Waals surface area contributed by atoms with Gasteiger partial charge in [0.05, 0.1) is 9.82 Å². The molecule has 0 radical (unpaired) electrons. The lowest BCUT2D eigenvalue weighted by Gasteiger charge is -2.30. The van der Waals surface area contributed by atoms with Crippen molar-refractivity contribution in [1.82, 2.24) is 4.31 Å². The smallest absolute Gasteiger partial charge is 0.258 e. The van der Waals surface area contributed by atoms with E-state index >= 15 is 0 Å². The Morgan fingerprint density at radius 1 is 1.17 bits per heavy atom. The zero-order valence-electron chi connectivity index (χ0n) is 12.3. The average Bonchev–Trinajstić information content (AvgIpc) is 3.09. The van der Waals surface area contributed by atoms with E-state index in [4.69, 9.17) is 0 Å². The Bertz CT molecular complexity index is 795. The van der Waals surface area contributed by atoms with Crippen LogP contribution in [0.15, 0.2) is 46.7 Å². The summed E-state index contributed by atoms with van der Waals surface area (Å²) in [6.07, 6.45) is 1.54. The second kappa shape index (κ2) is 6.38. The molecule has 1 aromatic carbocycles. The average molecular weight is 352 g/mol. The van der Waals surface area contributed by atoms with E-state index in [1.807, 2.05) is 11.4 Å². The van der Waals surface area contributed by atoms with E-state index in [2.05, 4.69) is 6.07 Å². The van der Waals surface area contributed by atoms with Crippen molar-refractivity contribution in [3.05, 3.63) is 56.8 Å². The first-order valence-corrected chi connectivity index (χ1v) is 9.58. The molecule has 23 heavy (non-hydrogen) atoms. The largest absolute Gasteiger partial charge is 0.270 e. The predicted octanol–water partition coefficient (Wildman–Crippen LogP) is 3.22. The number of nitro groups is 1. The van der Waals surface area contributed by atoms with E-state index in [9.17, 15) is 18.5 Å². The van der Waals surface area contributed by atoms with Crippen molar-refractivity contribution in [2.75, 3.05) is 13.1 Å². The second-order valence-electron chi connectivity index (χ2n) is 5.45. The summed E-state index contributed by atoms with van der Waals surface area (Å²) in [4.78, 5) is 11.5. The summed E-state index contributed by atoms with van der Waals surface area (Å²) < 4.78 is 26.7. The van der Waals surface area contributed by atoms with Gasteiger partial charge in [-0.25, -0.2) is 8.42 Å². The highest BCUT2D eigenvalue weighted by molar-refractivity contribution is 7.89. The van der Waals surface area contributed by atoms with Gasteiger partial charge in [0.2, 0.25) is 10.0 Å². The summed E-state index contributed by atoms with van der Waals surface area (Å²) >= 11 is 1.70. The van der Waals surface area contributed by atoms with Gasteiger partial charge in [-0.1, -0.05) is 12.1 Å². The number of rotatable bonds is 4. The monoisotopic (exact) mass is 352 g/mol. The molecule has 0 unspecified atom stereocenters. The molecule has 0 amide bonds. The Balaban J connectivity index is 1.76. The van der Waals surface area contributed by atoms with Crippen LogP contribution in [0, 0.1) is 10.1 Å². The molecule has 1 fully saturated rings. The lowest BCUT2D eigenvalue weighted by atomic mass is 9.97. The molecule has 0 spiro atoms. The minimum absolute atomic E-state index is 0.0127. The van der Waals surface area contributed by atoms with Crippen molar-refractivity contribution in [2.45, 2.75) is 23.7 Å². The van der Waals surface area contributed by atoms with E-state index < -0.39 is 14.9 Å². The molecule has 0 saturated carbocycles. The van der Waals surface area contributed by atoms with Gasteiger partial charge in [-0.05, 0) is 36.3 Å². The molecule has 6 nitrogen and oxygen atoms in total. The highest BCUT2D eigenvalue weighted by atomic mass is 32.2. The first kappa shape index (κ1) is 16.1. The molecule has 0 N–H and O–H groups in total. The third-order valence-corrected chi connectivity index (χ3v) is 7.00. The highest BCUT2D eigenvalue weighted by Gasteiger charge is 2.31. The Morgan fingerprint density at radius 2 is 1.91 bits per heavy atom. The number of piperidine rings is 1. The maximum Gasteiger partial charge on any atom is 0.270 e. The SMILES string of the molecule is O=[N+]([O-])c1cccc(S(=O)(=O)N2CCC(c3cccs3)CC2)c1. The minimum Gasteiger partial charge on any atom is -0.258 e. The molecule has 1 saturated heterocycles. The number of non-ortho nitro benzene ring substituents is 1. The van der Waals surface area contributed by atoms with Crippen LogP contribution in [0.1, 0.15) is 23.6 Å². The van der Waals surface area contributed by atoms with E-state index in [1.54, 1.807) is 11.3 Å². The fourth-order valence-electron chi connectivity index (χ4n) is 2.81. The molecular weight excluding hydrogens is 336 g/mol. The first-order chi connectivity index (χ1) is 11.0. The summed E-state index contributed by atoms with van der Waals surface area (Å²) in [5.41, 5.74) is -0.209. The quantitative estimate of drug-likeness (QED) is 0.625. The van der Waals surface area contributed by atoms with Gasteiger partial charge in [-0.3, -0.25) is 10.1 Å². The number of nitrogens with zero attached hydrogens (tertiary/aromatic N) is 2. The molecule has 8 heteroatoms. The van der Waals surface area contributed by atoms with Crippen LogP contribution in [0.5, 0.6) is 0 Å². The van der Waals surface area contributed by atoms with E-state index in [-0.39, 0.29) is 10.6 Å². The van der Waals surface area contributed by atoms with Gasteiger partial charge in [0, 0.05) is 30.1 Å². The van der Waals surface area contributed by atoms with Gasteiger partial charge >= 0.3 is 0 Å². The van der Waals surface area contributed by atoms with Crippen LogP contribution >= 0.6 is 11.3 Å².